The van der Waals surface area contributed by atoms with Crippen molar-refractivity contribution in [3.8, 4) is 0 Å². The fourth-order valence-electron chi connectivity index (χ4n) is 1.19. The number of primary amides is 1. The van der Waals surface area contributed by atoms with E-state index in [0.29, 0.717) is 5.02 Å². The van der Waals surface area contributed by atoms with Crippen LogP contribution in [-0.4, -0.2) is 17.9 Å². The zero-order valence-electron chi connectivity index (χ0n) is 9.04. The van der Waals surface area contributed by atoms with Gasteiger partial charge in [-0.2, -0.15) is 0 Å². The molecule has 98 valence electrons. The second-order valence-electron chi connectivity index (χ2n) is 3.51. The Kier molecular flexibility index (Phi) is 5.22. The Morgan fingerprint density at radius 3 is 2.17 bits per heavy atom. The highest BCUT2D eigenvalue weighted by Crippen LogP contribution is 2.33. The third kappa shape index (κ3) is 4.03. The van der Waals surface area contributed by atoms with E-state index in [1.807, 2.05) is 0 Å². The number of hydrogen-bond acceptors (Lipinski definition) is 3. The lowest BCUT2D eigenvalue weighted by Crippen LogP contribution is -2.39. The monoisotopic (exact) mass is 309 g/mol. The van der Waals surface area contributed by atoms with Crippen molar-refractivity contribution < 1.29 is 9.59 Å². The van der Waals surface area contributed by atoms with Gasteiger partial charge in [0, 0.05) is 5.02 Å². The van der Waals surface area contributed by atoms with Crippen molar-refractivity contribution in [2.24, 2.45) is 11.5 Å². The summed E-state index contributed by atoms with van der Waals surface area (Å²) in [4.78, 5) is 22.3. The lowest BCUT2D eigenvalue weighted by atomic mass is 10.2. The molecular weight excluding hydrogens is 300 g/mol. The lowest BCUT2D eigenvalue weighted by molar-refractivity contribution is -0.123. The zero-order valence-corrected chi connectivity index (χ0v) is 11.3. The van der Waals surface area contributed by atoms with Gasteiger partial charge in [-0.15, -0.1) is 0 Å². The molecule has 0 fully saturated rings. The maximum Gasteiger partial charge on any atom is 0.241 e. The van der Waals surface area contributed by atoms with Crippen molar-refractivity contribution in [2.75, 3.05) is 5.32 Å². The Balaban J connectivity index is 2.85. The smallest absolute Gasteiger partial charge is 0.241 e. The van der Waals surface area contributed by atoms with E-state index in [1.165, 1.54) is 12.1 Å². The second-order valence-corrected chi connectivity index (χ2v) is 4.76. The summed E-state index contributed by atoms with van der Waals surface area (Å²) in [5.41, 5.74) is 10.6. The highest BCUT2D eigenvalue weighted by molar-refractivity contribution is 6.42. The number of hydrogen-bond donors (Lipinski definition) is 3. The van der Waals surface area contributed by atoms with Crippen molar-refractivity contribution in [1.29, 1.82) is 0 Å². The van der Waals surface area contributed by atoms with Gasteiger partial charge in [-0.25, -0.2) is 0 Å². The molecule has 0 saturated carbocycles. The number of anilines is 1. The van der Waals surface area contributed by atoms with Crippen molar-refractivity contribution in [3.05, 3.63) is 27.2 Å². The summed E-state index contributed by atoms with van der Waals surface area (Å²) in [6.45, 7) is 0. The van der Waals surface area contributed by atoms with Gasteiger partial charge in [0.1, 0.15) is 0 Å². The Hall–Kier alpha value is -1.01. The largest absolute Gasteiger partial charge is 0.370 e. The van der Waals surface area contributed by atoms with Crippen LogP contribution in [0.2, 0.25) is 15.1 Å². The molecule has 18 heavy (non-hydrogen) atoms. The van der Waals surface area contributed by atoms with E-state index < -0.39 is 17.9 Å². The lowest BCUT2D eigenvalue weighted by Gasteiger charge is -2.13. The van der Waals surface area contributed by atoms with E-state index in [2.05, 4.69) is 5.32 Å². The number of halogens is 3. The molecule has 1 rings (SSSR count). The predicted molar refractivity (Wildman–Crippen MR) is 71.9 cm³/mol. The summed E-state index contributed by atoms with van der Waals surface area (Å²) in [7, 11) is 0. The van der Waals surface area contributed by atoms with Crippen LogP contribution in [0.15, 0.2) is 12.1 Å². The number of carbonyl (C=O) groups excluding carboxylic acids is 2. The number of carbonyl (C=O) groups is 2. The van der Waals surface area contributed by atoms with Gasteiger partial charge in [-0.1, -0.05) is 34.8 Å². The first-order valence-electron chi connectivity index (χ1n) is 4.80. The van der Waals surface area contributed by atoms with Gasteiger partial charge in [0.2, 0.25) is 11.8 Å². The first-order valence-corrected chi connectivity index (χ1v) is 5.94. The molecule has 0 heterocycles. The minimum atomic E-state index is -1.06. The molecule has 0 spiro atoms. The van der Waals surface area contributed by atoms with Gasteiger partial charge in [0.25, 0.3) is 0 Å². The minimum Gasteiger partial charge on any atom is -0.370 e. The first kappa shape index (κ1) is 15.0. The minimum absolute atomic E-state index is 0.173. The molecule has 1 unspecified atom stereocenters. The molecule has 0 bridgehead atoms. The van der Waals surface area contributed by atoms with Gasteiger partial charge in [0.15, 0.2) is 0 Å². The number of nitrogens with one attached hydrogen (secondary N) is 1. The van der Waals surface area contributed by atoms with Crippen LogP contribution >= 0.6 is 34.8 Å². The van der Waals surface area contributed by atoms with Crippen LogP contribution in [0.4, 0.5) is 5.69 Å². The maximum absolute atomic E-state index is 11.6. The van der Waals surface area contributed by atoms with Crippen LogP contribution < -0.4 is 16.8 Å². The Labute approximate surface area is 118 Å². The van der Waals surface area contributed by atoms with Gasteiger partial charge in [0.05, 0.1) is 28.2 Å². The Morgan fingerprint density at radius 1 is 1.22 bits per heavy atom. The van der Waals surface area contributed by atoms with E-state index in [0.717, 1.165) is 0 Å². The average molecular weight is 311 g/mol. The third-order valence-electron chi connectivity index (χ3n) is 2.01. The molecule has 5 nitrogen and oxygen atoms in total. The molecule has 0 aliphatic rings. The molecule has 1 aromatic rings. The molecular formula is C10H10Cl3N3O2. The highest BCUT2D eigenvalue weighted by atomic mass is 35.5. The van der Waals surface area contributed by atoms with E-state index in [1.54, 1.807) is 0 Å². The van der Waals surface area contributed by atoms with Gasteiger partial charge in [-0.3, -0.25) is 9.59 Å². The molecule has 0 aliphatic carbocycles. The third-order valence-corrected chi connectivity index (χ3v) is 2.83. The fraction of sp³-hybridized carbons (Fsp3) is 0.200. The van der Waals surface area contributed by atoms with Crippen LogP contribution in [-0.2, 0) is 9.59 Å². The molecule has 1 atom stereocenters. The van der Waals surface area contributed by atoms with Gasteiger partial charge < -0.3 is 16.8 Å². The maximum atomic E-state index is 11.6. The average Bonchev–Trinajstić information content (AvgIpc) is 2.21. The molecule has 8 heteroatoms. The summed E-state index contributed by atoms with van der Waals surface area (Å²) in [5.74, 6) is -1.29. The van der Waals surface area contributed by atoms with Crippen LogP contribution in [0.25, 0.3) is 0 Å². The second kappa shape index (κ2) is 6.24. The van der Waals surface area contributed by atoms with Crippen LogP contribution in [0.5, 0.6) is 0 Å². The number of nitrogens with two attached hydrogens (primary N) is 2. The fourth-order valence-corrected chi connectivity index (χ4v) is 2.10. The van der Waals surface area contributed by atoms with Crippen LogP contribution in [0, 0.1) is 0 Å². The summed E-state index contributed by atoms with van der Waals surface area (Å²) in [6.07, 6.45) is -0.269. The van der Waals surface area contributed by atoms with E-state index in [9.17, 15) is 9.59 Å². The molecule has 0 aromatic heterocycles. The normalized spacial score (nSPS) is 12.0. The predicted octanol–water partition coefficient (Wildman–Crippen LogP) is 1.79. The topological polar surface area (TPSA) is 98.2 Å². The van der Waals surface area contributed by atoms with Crippen LogP contribution in [0.3, 0.4) is 0 Å². The highest BCUT2D eigenvalue weighted by Gasteiger charge is 2.18. The summed E-state index contributed by atoms with van der Waals surface area (Å²) in [5, 5.41) is 3.10. The Bertz CT molecular complexity index is 470. The molecule has 5 N–H and O–H groups in total. The molecule has 0 aliphatic heterocycles. The van der Waals surface area contributed by atoms with Crippen molar-refractivity contribution in [1.82, 2.24) is 0 Å². The standard InChI is InChI=1S/C10H10Cl3N3O2/c11-4-1-5(12)9(6(13)2-4)16-10(18)7(14)3-8(15)17/h1-2,7H,3,14H2,(H2,15,17)(H,16,18). The summed E-state index contributed by atoms with van der Waals surface area (Å²) >= 11 is 17.5. The quantitative estimate of drug-likeness (QED) is 0.790. The number of benzene rings is 1. The van der Waals surface area contributed by atoms with Gasteiger partial charge >= 0.3 is 0 Å². The molecule has 1 aromatic carbocycles. The molecule has 0 radical (unpaired) electrons. The summed E-state index contributed by atoms with van der Waals surface area (Å²) < 4.78 is 0. The van der Waals surface area contributed by atoms with E-state index >= 15 is 0 Å². The number of rotatable bonds is 4. The van der Waals surface area contributed by atoms with E-state index in [4.69, 9.17) is 46.3 Å². The SMILES string of the molecule is NC(=O)CC(N)C(=O)Nc1c(Cl)cc(Cl)cc1Cl. The van der Waals surface area contributed by atoms with Crippen LogP contribution in [0.1, 0.15) is 6.42 Å². The number of amides is 2. The van der Waals surface area contributed by atoms with E-state index in [-0.39, 0.29) is 22.2 Å². The molecule has 2 amide bonds. The Morgan fingerprint density at radius 2 is 1.72 bits per heavy atom. The van der Waals surface area contributed by atoms with Gasteiger partial charge in [-0.05, 0) is 12.1 Å². The summed E-state index contributed by atoms with van der Waals surface area (Å²) in [6, 6.07) is 1.78. The first-order chi connectivity index (χ1) is 8.31. The zero-order chi connectivity index (χ0) is 13.9. The van der Waals surface area contributed by atoms with Crippen molar-refractivity contribution in [2.45, 2.75) is 12.5 Å². The van der Waals surface area contributed by atoms with Crippen molar-refractivity contribution >= 4 is 52.3 Å². The van der Waals surface area contributed by atoms with Crippen molar-refractivity contribution in [3.63, 3.8) is 0 Å². The molecule has 0 saturated heterocycles.